The molecule has 0 spiro atoms. The Bertz CT molecular complexity index is 387. The third-order valence-corrected chi connectivity index (χ3v) is 2.41. The van der Waals surface area contributed by atoms with Crippen molar-refractivity contribution in [3.8, 4) is 0 Å². The van der Waals surface area contributed by atoms with Crippen LogP contribution in [-0.2, 0) is 7.05 Å². The van der Waals surface area contributed by atoms with Gasteiger partial charge in [-0.1, -0.05) is 0 Å². The van der Waals surface area contributed by atoms with E-state index in [2.05, 4.69) is 5.32 Å². The predicted molar refractivity (Wildman–Crippen MR) is 56.5 cm³/mol. The van der Waals surface area contributed by atoms with Gasteiger partial charge in [0.15, 0.2) is 0 Å². The Balaban J connectivity index is 2.64. The molecule has 6 heteroatoms. The van der Waals surface area contributed by atoms with E-state index >= 15 is 0 Å². The zero-order valence-corrected chi connectivity index (χ0v) is 9.26. The Labute approximate surface area is 92.4 Å². The molecule has 0 unspecified atom stereocenters. The second kappa shape index (κ2) is 4.61. The van der Waals surface area contributed by atoms with Gasteiger partial charge in [0.1, 0.15) is 5.69 Å². The molecule has 0 aliphatic heterocycles. The van der Waals surface area contributed by atoms with Gasteiger partial charge < -0.3 is 15.6 Å². The predicted octanol–water partition coefficient (Wildman–Crippen LogP) is 0.657. The zero-order valence-electron chi connectivity index (χ0n) is 9.26. The van der Waals surface area contributed by atoms with E-state index in [9.17, 15) is 13.6 Å². The fraction of sp³-hybridized carbons (Fsp3) is 0.500. The Morgan fingerprint density at radius 3 is 2.62 bits per heavy atom. The van der Waals surface area contributed by atoms with Crippen molar-refractivity contribution in [1.29, 1.82) is 0 Å². The summed E-state index contributed by atoms with van der Waals surface area (Å²) in [6, 6.07) is 3.33. The van der Waals surface area contributed by atoms with Crippen molar-refractivity contribution < 1.29 is 13.6 Å². The summed E-state index contributed by atoms with van der Waals surface area (Å²) < 4.78 is 27.2. The Hall–Kier alpha value is -1.43. The topological polar surface area (TPSA) is 60.1 Å². The molecule has 1 rings (SSSR count). The molecule has 3 N–H and O–H groups in total. The summed E-state index contributed by atoms with van der Waals surface area (Å²) in [6.45, 7) is 0.303. The number of amides is 1. The normalized spacial score (nSPS) is 11.6. The summed E-state index contributed by atoms with van der Waals surface area (Å²) in [7, 11) is 1.70. The summed E-state index contributed by atoms with van der Waals surface area (Å²) in [5, 5.41) is 2.15. The van der Waals surface area contributed by atoms with E-state index in [1.165, 1.54) is 0 Å². The molecule has 0 saturated heterocycles. The first-order valence-corrected chi connectivity index (χ1v) is 4.86. The van der Waals surface area contributed by atoms with Crippen molar-refractivity contribution in [1.82, 2.24) is 9.88 Å². The molecule has 0 saturated carbocycles. The van der Waals surface area contributed by atoms with E-state index in [0.29, 0.717) is 5.69 Å². The highest BCUT2D eigenvalue weighted by Crippen LogP contribution is 2.10. The van der Waals surface area contributed by atoms with Crippen molar-refractivity contribution in [3.63, 3.8) is 0 Å². The number of aryl methyl sites for hydroxylation is 1. The van der Waals surface area contributed by atoms with Crippen molar-refractivity contribution in [2.24, 2.45) is 12.8 Å². The summed E-state index contributed by atoms with van der Waals surface area (Å²) in [6.07, 6.45) is 0. The van der Waals surface area contributed by atoms with E-state index in [1.54, 1.807) is 23.7 Å². The van der Waals surface area contributed by atoms with Crippen LogP contribution in [0, 0.1) is 6.92 Å². The summed E-state index contributed by atoms with van der Waals surface area (Å²) in [4.78, 5) is 11.5. The number of nitrogens with one attached hydrogen (secondary N) is 1. The minimum Gasteiger partial charge on any atom is -0.345 e. The van der Waals surface area contributed by atoms with Crippen LogP contribution >= 0.6 is 0 Å². The summed E-state index contributed by atoms with van der Waals surface area (Å²) >= 11 is 0. The highest BCUT2D eigenvalue weighted by molar-refractivity contribution is 5.92. The van der Waals surface area contributed by atoms with Crippen LogP contribution in [0.2, 0.25) is 0 Å². The average molecular weight is 231 g/mol. The fourth-order valence-electron chi connectivity index (χ4n) is 1.21. The maximum atomic E-state index is 12.8. The number of halogens is 2. The quantitative estimate of drug-likeness (QED) is 0.799. The van der Waals surface area contributed by atoms with Crippen LogP contribution in [0.1, 0.15) is 16.2 Å². The molecule has 4 nitrogen and oxygen atoms in total. The minimum atomic E-state index is -3.06. The number of rotatable bonds is 4. The first-order chi connectivity index (χ1) is 7.37. The van der Waals surface area contributed by atoms with Crippen molar-refractivity contribution in [3.05, 3.63) is 23.5 Å². The number of nitrogens with zero attached hydrogens (tertiary/aromatic N) is 1. The molecule has 0 radical (unpaired) electrons. The summed E-state index contributed by atoms with van der Waals surface area (Å²) in [5.74, 6) is -3.58. The van der Waals surface area contributed by atoms with Gasteiger partial charge in [0.25, 0.3) is 11.8 Å². The number of carbonyl (C=O) groups is 1. The molecule has 16 heavy (non-hydrogen) atoms. The largest absolute Gasteiger partial charge is 0.345 e. The molecule has 1 amide bonds. The Morgan fingerprint density at radius 2 is 2.19 bits per heavy atom. The maximum absolute atomic E-state index is 12.8. The molecule has 1 aromatic rings. The maximum Gasteiger partial charge on any atom is 0.277 e. The van der Waals surface area contributed by atoms with Crippen LogP contribution in [0.5, 0.6) is 0 Å². The van der Waals surface area contributed by atoms with Crippen LogP contribution < -0.4 is 11.1 Å². The molecule has 0 bridgehead atoms. The third kappa shape index (κ3) is 2.79. The molecule has 0 aliphatic rings. The van der Waals surface area contributed by atoms with Crippen LogP contribution in [0.15, 0.2) is 12.1 Å². The molecule has 0 atom stereocenters. The lowest BCUT2D eigenvalue weighted by Crippen LogP contribution is -2.41. The van der Waals surface area contributed by atoms with E-state index in [1.807, 2.05) is 6.92 Å². The van der Waals surface area contributed by atoms with Gasteiger partial charge in [0.2, 0.25) is 0 Å². The zero-order chi connectivity index (χ0) is 12.3. The van der Waals surface area contributed by atoms with Crippen molar-refractivity contribution in [2.75, 3.05) is 13.1 Å². The van der Waals surface area contributed by atoms with E-state index in [4.69, 9.17) is 5.73 Å². The van der Waals surface area contributed by atoms with Gasteiger partial charge in [0, 0.05) is 12.7 Å². The SMILES string of the molecule is Cc1ccc(C(=O)NCC(F)(F)CN)n1C. The Kier molecular flexibility index (Phi) is 3.64. The van der Waals surface area contributed by atoms with Gasteiger partial charge in [-0.25, -0.2) is 8.78 Å². The summed E-state index contributed by atoms with van der Waals surface area (Å²) in [5.41, 5.74) is 6.10. The van der Waals surface area contributed by atoms with E-state index in [0.717, 1.165) is 5.69 Å². The lowest BCUT2D eigenvalue weighted by molar-refractivity contribution is 0.0118. The van der Waals surface area contributed by atoms with Gasteiger partial charge in [-0.05, 0) is 19.1 Å². The number of carbonyl (C=O) groups excluding carboxylic acids is 1. The second-order valence-electron chi connectivity index (χ2n) is 3.66. The first kappa shape index (κ1) is 12.6. The number of aromatic nitrogens is 1. The Morgan fingerprint density at radius 1 is 1.56 bits per heavy atom. The van der Waals surface area contributed by atoms with Gasteiger partial charge in [-0.3, -0.25) is 4.79 Å². The average Bonchev–Trinajstić information content (AvgIpc) is 2.57. The minimum absolute atomic E-state index is 0.352. The second-order valence-corrected chi connectivity index (χ2v) is 3.66. The number of alkyl halides is 2. The molecule has 90 valence electrons. The van der Waals surface area contributed by atoms with Crippen LogP contribution in [0.25, 0.3) is 0 Å². The number of hydrogen-bond acceptors (Lipinski definition) is 2. The molecule has 0 aromatic carbocycles. The third-order valence-electron chi connectivity index (χ3n) is 2.41. The van der Waals surface area contributed by atoms with Crippen molar-refractivity contribution in [2.45, 2.75) is 12.8 Å². The van der Waals surface area contributed by atoms with Gasteiger partial charge in [-0.2, -0.15) is 0 Å². The van der Waals surface area contributed by atoms with Gasteiger partial charge in [0.05, 0.1) is 13.1 Å². The monoisotopic (exact) mass is 231 g/mol. The van der Waals surface area contributed by atoms with Crippen molar-refractivity contribution >= 4 is 5.91 Å². The highest BCUT2D eigenvalue weighted by Gasteiger charge is 2.27. The van der Waals surface area contributed by atoms with E-state index < -0.39 is 24.9 Å². The number of nitrogens with two attached hydrogens (primary N) is 1. The standard InChI is InChI=1S/C10H15F2N3O/c1-7-3-4-8(15(7)2)9(16)14-6-10(11,12)5-13/h3-4H,5-6,13H2,1-2H3,(H,14,16). The van der Waals surface area contributed by atoms with Crippen LogP contribution in [0.3, 0.4) is 0 Å². The fourth-order valence-corrected chi connectivity index (χ4v) is 1.21. The van der Waals surface area contributed by atoms with E-state index in [-0.39, 0.29) is 0 Å². The van der Waals surface area contributed by atoms with Crippen LogP contribution in [0.4, 0.5) is 8.78 Å². The molecule has 1 aromatic heterocycles. The van der Waals surface area contributed by atoms with Crippen LogP contribution in [-0.4, -0.2) is 29.5 Å². The highest BCUT2D eigenvalue weighted by atomic mass is 19.3. The van der Waals surface area contributed by atoms with Gasteiger partial charge >= 0.3 is 0 Å². The molecule has 1 heterocycles. The molecule has 0 aliphatic carbocycles. The lowest BCUT2D eigenvalue weighted by Gasteiger charge is -2.14. The molecular formula is C10H15F2N3O. The van der Waals surface area contributed by atoms with Gasteiger partial charge in [-0.15, -0.1) is 0 Å². The smallest absolute Gasteiger partial charge is 0.277 e. The molecular weight excluding hydrogens is 216 g/mol. The lowest BCUT2D eigenvalue weighted by atomic mass is 10.3. The number of hydrogen-bond donors (Lipinski definition) is 2. The molecule has 0 fully saturated rings. The first-order valence-electron chi connectivity index (χ1n) is 4.86.